The Hall–Kier alpha value is -3.32. The number of aromatic amines is 1. The minimum atomic E-state index is -0.303. The van der Waals surface area contributed by atoms with Gasteiger partial charge in [-0.25, -0.2) is 4.98 Å². The van der Waals surface area contributed by atoms with Crippen molar-refractivity contribution in [1.29, 1.82) is 0 Å². The van der Waals surface area contributed by atoms with Crippen LogP contribution < -0.4 is 14.8 Å². The van der Waals surface area contributed by atoms with Gasteiger partial charge in [-0.15, -0.1) is 0 Å². The zero-order valence-electron chi connectivity index (χ0n) is 15.8. The Morgan fingerprint density at radius 3 is 2.52 bits per heavy atom. The highest BCUT2D eigenvalue weighted by molar-refractivity contribution is 9.10. The van der Waals surface area contributed by atoms with Crippen molar-refractivity contribution >= 4 is 38.6 Å². The van der Waals surface area contributed by atoms with Crippen molar-refractivity contribution in [3.63, 3.8) is 0 Å². The van der Waals surface area contributed by atoms with Crippen LogP contribution in [0.5, 0.6) is 11.5 Å². The van der Waals surface area contributed by atoms with Crippen LogP contribution in [0.15, 0.2) is 65.1 Å². The van der Waals surface area contributed by atoms with Crippen LogP contribution in [0.25, 0.3) is 22.4 Å². The van der Waals surface area contributed by atoms with E-state index >= 15 is 0 Å². The minimum Gasteiger partial charge on any atom is -0.496 e. The molecule has 0 saturated heterocycles. The van der Waals surface area contributed by atoms with Crippen LogP contribution in [0.4, 0.5) is 5.69 Å². The Labute approximate surface area is 176 Å². The van der Waals surface area contributed by atoms with Gasteiger partial charge in [0.25, 0.3) is 5.91 Å². The van der Waals surface area contributed by atoms with Gasteiger partial charge in [-0.3, -0.25) is 4.79 Å². The molecule has 146 valence electrons. The molecule has 0 spiro atoms. The number of benzene rings is 3. The smallest absolute Gasteiger partial charge is 0.259 e. The number of hydrogen-bond donors (Lipinski definition) is 2. The zero-order chi connectivity index (χ0) is 20.4. The molecule has 0 aliphatic heterocycles. The van der Waals surface area contributed by atoms with E-state index in [1.54, 1.807) is 25.3 Å². The zero-order valence-corrected chi connectivity index (χ0v) is 17.4. The Balaban J connectivity index is 1.70. The second-order valence-electron chi connectivity index (χ2n) is 6.32. The van der Waals surface area contributed by atoms with E-state index in [2.05, 4.69) is 31.2 Å². The molecule has 4 rings (SSSR count). The fourth-order valence-electron chi connectivity index (χ4n) is 3.09. The number of H-pyrrole nitrogens is 1. The normalized spacial score (nSPS) is 10.7. The van der Waals surface area contributed by atoms with E-state index in [-0.39, 0.29) is 5.91 Å². The minimum absolute atomic E-state index is 0.303. The fourth-order valence-corrected chi connectivity index (χ4v) is 3.45. The Morgan fingerprint density at radius 1 is 1.00 bits per heavy atom. The summed E-state index contributed by atoms with van der Waals surface area (Å²) in [6.45, 7) is 0. The number of aromatic nitrogens is 2. The Bertz CT molecular complexity index is 1170. The predicted octanol–water partition coefficient (Wildman–Crippen LogP) is 5.26. The number of amides is 1. The standard InChI is InChI=1S/C22H18BrN3O3/c1-28-19-10-8-14(23)12-15(19)22(27)26-18-11-13(7-9-20(18)29-2)21-24-16-5-3-4-6-17(16)25-21/h3-12H,1-2H3,(H,24,25)(H,26,27). The monoisotopic (exact) mass is 451 g/mol. The molecule has 0 unspecified atom stereocenters. The maximum absolute atomic E-state index is 12.9. The number of nitrogens with zero attached hydrogens (tertiary/aromatic N) is 1. The predicted molar refractivity (Wildman–Crippen MR) is 117 cm³/mol. The molecule has 0 bridgehead atoms. The van der Waals surface area contributed by atoms with Crippen molar-refractivity contribution in [2.75, 3.05) is 19.5 Å². The molecule has 0 atom stereocenters. The highest BCUT2D eigenvalue weighted by Crippen LogP contribution is 2.32. The number of halogens is 1. The van der Waals surface area contributed by atoms with E-state index in [9.17, 15) is 4.79 Å². The molecule has 0 radical (unpaired) electrons. The topological polar surface area (TPSA) is 76.2 Å². The van der Waals surface area contributed by atoms with E-state index in [1.165, 1.54) is 7.11 Å². The third-order valence-corrected chi connectivity index (χ3v) is 5.01. The van der Waals surface area contributed by atoms with Gasteiger partial charge in [-0.1, -0.05) is 28.1 Å². The summed E-state index contributed by atoms with van der Waals surface area (Å²) in [5.74, 6) is 1.44. The summed E-state index contributed by atoms with van der Waals surface area (Å²) in [4.78, 5) is 20.8. The van der Waals surface area contributed by atoms with E-state index in [0.717, 1.165) is 21.1 Å². The van der Waals surface area contributed by atoms with E-state index in [0.29, 0.717) is 28.6 Å². The lowest BCUT2D eigenvalue weighted by atomic mass is 10.1. The van der Waals surface area contributed by atoms with E-state index < -0.39 is 0 Å². The highest BCUT2D eigenvalue weighted by atomic mass is 79.9. The summed E-state index contributed by atoms with van der Waals surface area (Å²) in [5, 5.41) is 2.92. The highest BCUT2D eigenvalue weighted by Gasteiger charge is 2.16. The van der Waals surface area contributed by atoms with Crippen LogP contribution in [0.2, 0.25) is 0 Å². The number of hydrogen-bond acceptors (Lipinski definition) is 4. The van der Waals surface area contributed by atoms with Crippen molar-refractivity contribution in [1.82, 2.24) is 9.97 Å². The average Bonchev–Trinajstić information content (AvgIpc) is 3.18. The number of para-hydroxylation sites is 2. The molecule has 4 aromatic rings. The summed E-state index contributed by atoms with van der Waals surface area (Å²) < 4.78 is 11.5. The maximum Gasteiger partial charge on any atom is 0.259 e. The number of rotatable bonds is 5. The van der Waals surface area contributed by atoms with E-state index in [4.69, 9.17) is 9.47 Å². The van der Waals surface area contributed by atoms with Crippen LogP contribution in [-0.4, -0.2) is 30.1 Å². The summed E-state index contributed by atoms with van der Waals surface area (Å²) in [6.07, 6.45) is 0. The van der Waals surface area contributed by atoms with Crippen molar-refractivity contribution in [2.24, 2.45) is 0 Å². The maximum atomic E-state index is 12.9. The van der Waals surface area contributed by atoms with Crippen molar-refractivity contribution in [3.05, 3.63) is 70.7 Å². The third kappa shape index (κ3) is 3.82. The van der Waals surface area contributed by atoms with Crippen molar-refractivity contribution in [3.8, 4) is 22.9 Å². The quantitative estimate of drug-likeness (QED) is 0.433. The van der Waals surface area contributed by atoms with Crippen LogP contribution in [0.3, 0.4) is 0 Å². The molecule has 1 amide bonds. The van der Waals surface area contributed by atoms with Crippen molar-refractivity contribution < 1.29 is 14.3 Å². The van der Waals surface area contributed by atoms with Crippen LogP contribution >= 0.6 is 15.9 Å². The SMILES string of the molecule is COc1ccc(-c2nc3ccccc3[nH]2)cc1NC(=O)c1cc(Br)ccc1OC. The number of carbonyl (C=O) groups is 1. The molecule has 1 aromatic heterocycles. The van der Waals surface area contributed by atoms with Gasteiger partial charge in [0, 0.05) is 10.0 Å². The molecular formula is C22H18BrN3O3. The summed E-state index contributed by atoms with van der Waals surface area (Å²) in [7, 11) is 3.09. The number of carbonyl (C=O) groups excluding carboxylic acids is 1. The summed E-state index contributed by atoms with van der Waals surface area (Å²) >= 11 is 3.39. The lowest BCUT2D eigenvalue weighted by Crippen LogP contribution is -2.14. The average molecular weight is 452 g/mol. The molecule has 29 heavy (non-hydrogen) atoms. The van der Waals surface area contributed by atoms with Crippen LogP contribution in [-0.2, 0) is 0 Å². The first-order valence-corrected chi connectivity index (χ1v) is 9.66. The number of ether oxygens (including phenoxy) is 2. The van der Waals surface area contributed by atoms with Gasteiger partial charge in [0.15, 0.2) is 0 Å². The number of nitrogens with one attached hydrogen (secondary N) is 2. The van der Waals surface area contributed by atoms with Gasteiger partial charge < -0.3 is 19.8 Å². The molecule has 2 N–H and O–H groups in total. The molecule has 7 heteroatoms. The third-order valence-electron chi connectivity index (χ3n) is 4.52. The second-order valence-corrected chi connectivity index (χ2v) is 7.23. The van der Waals surface area contributed by atoms with Gasteiger partial charge in [-0.05, 0) is 48.5 Å². The molecule has 1 heterocycles. The largest absolute Gasteiger partial charge is 0.496 e. The van der Waals surface area contributed by atoms with E-state index in [1.807, 2.05) is 42.5 Å². The molecule has 3 aromatic carbocycles. The van der Waals surface area contributed by atoms with Crippen LogP contribution in [0.1, 0.15) is 10.4 Å². The number of imidazole rings is 1. The molecule has 0 saturated carbocycles. The summed E-state index contributed by atoms with van der Waals surface area (Å²) in [6, 6.07) is 18.6. The molecule has 0 aliphatic carbocycles. The fraction of sp³-hybridized carbons (Fsp3) is 0.0909. The molecule has 6 nitrogen and oxygen atoms in total. The van der Waals surface area contributed by atoms with Gasteiger partial charge >= 0.3 is 0 Å². The lowest BCUT2D eigenvalue weighted by Gasteiger charge is -2.13. The van der Waals surface area contributed by atoms with Gasteiger partial charge in [0.2, 0.25) is 0 Å². The first-order valence-electron chi connectivity index (χ1n) is 8.87. The van der Waals surface area contributed by atoms with Gasteiger partial charge in [-0.2, -0.15) is 0 Å². The number of anilines is 1. The number of methoxy groups -OCH3 is 2. The van der Waals surface area contributed by atoms with Crippen molar-refractivity contribution in [2.45, 2.75) is 0 Å². The van der Waals surface area contributed by atoms with Gasteiger partial charge in [0.1, 0.15) is 17.3 Å². The number of fused-ring (bicyclic) bond motifs is 1. The Morgan fingerprint density at radius 2 is 1.76 bits per heavy atom. The second kappa shape index (κ2) is 7.97. The van der Waals surface area contributed by atoms with Crippen LogP contribution in [0, 0.1) is 0 Å². The first-order chi connectivity index (χ1) is 14.1. The van der Waals surface area contributed by atoms with Gasteiger partial charge in [0.05, 0.1) is 36.5 Å². The Kier molecular flexibility index (Phi) is 5.22. The first kappa shape index (κ1) is 19.0. The molecule has 0 aliphatic rings. The molecular weight excluding hydrogens is 434 g/mol. The molecule has 0 fully saturated rings. The lowest BCUT2D eigenvalue weighted by molar-refractivity contribution is 0.102. The summed E-state index contributed by atoms with van der Waals surface area (Å²) in [5.41, 5.74) is 3.61.